The predicted molar refractivity (Wildman–Crippen MR) is 117 cm³/mol. The molecule has 176 valence electrons. The number of halogens is 3. The molecule has 0 saturated carbocycles. The van der Waals surface area contributed by atoms with Gasteiger partial charge in [0.15, 0.2) is 5.82 Å². The first-order valence-corrected chi connectivity index (χ1v) is 10.9. The number of carbonyl (C=O) groups is 2. The van der Waals surface area contributed by atoms with Crippen molar-refractivity contribution in [3.05, 3.63) is 52.0 Å². The molecule has 1 aliphatic heterocycles. The highest BCUT2D eigenvalue weighted by Crippen LogP contribution is 2.30. The monoisotopic (exact) mass is 481 g/mol. The van der Waals surface area contributed by atoms with Crippen LogP contribution in [0.15, 0.2) is 36.4 Å². The van der Waals surface area contributed by atoms with Crippen LogP contribution in [0.3, 0.4) is 0 Å². The number of alkyl halides is 3. The molecule has 0 aliphatic carbocycles. The number of aryl methyl sites for hydroxylation is 1. The van der Waals surface area contributed by atoms with E-state index in [1.54, 1.807) is 11.3 Å². The minimum absolute atomic E-state index is 0.0827. The number of carboxylic acids is 1. The Morgan fingerprint density at radius 3 is 2.64 bits per heavy atom. The maximum atomic E-state index is 12.6. The molecule has 4 rings (SSSR count). The number of aromatic amines is 1. The van der Waals surface area contributed by atoms with Gasteiger partial charge in [-0.2, -0.15) is 18.3 Å². The van der Waals surface area contributed by atoms with Gasteiger partial charge in [0.2, 0.25) is 0 Å². The van der Waals surface area contributed by atoms with Crippen molar-refractivity contribution < 1.29 is 27.9 Å². The third-order valence-electron chi connectivity index (χ3n) is 4.74. The minimum Gasteiger partial charge on any atom is -0.475 e. The van der Waals surface area contributed by atoms with Crippen LogP contribution in [0, 0.1) is 0 Å². The van der Waals surface area contributed by atoms with Gasteiger partial charge in [0.25, 0.3) is 5.91 Å². The van der Waals surface area contributed by atoms with Crippen LogP contribution in [0.25, 0.3) is 11.4 Å². The number of carboxylic acid groups (broad SMARTS) is 1. The van der Waals surface area contributed by atoms with Crippen molar-refractivity contribution in [3.63, 3.8) is 0 Å². The highest BCUT2D eigenvalue weighted by molar-refractivity contribution is 7.14. The maximum Gasteiger partial charge on any atom is 0.490 e. The second-order valence-corrected chi connectivity index (χ2v) is 8.26. The van der Waals surface area contributed by atoms with E-state index in [1.807, 2.05) is 37.3 Å². The molecule has 4 N–H and O–H groups in total. The summed E-state index contributed by atoms with van der Waals surface area (Å²) in [7, 11) is 0. The number of benzene rings is 1. The fraction of sp³-hybridized carbons (Fsp3) is 0.333. The molecule has 1 amide bonds. The maximum absolute atomic E-state index is 12.6. The van der Waals surface area contributed by atoms with E-state index < -0.39 is 12.1 Å². The van der Waals surface area contributed by atoms with Gasteiger partial charge in [-0.3, -0.25) is 9.89 Å². The van der Waals surface area contributed by atoms with Crippen molar-refractivity contribution in [1.82, 2.24) is 20.5 Å². The zero-order chi connectivity index (χ0) is 24.0. The minimum atomic E-state index is -5.08. The Balaban J connectivity index is 0.000000383. The van der Waals surface area contributed by atoms with Crippen molar-refractivity contribution in [2.24, 2.45) is 0 Å². The first-order valence-electron chi connectivity index (χ1n) is 10.1. The lowest BCUT2D eigenvalue weighted by Gasteiger charge is -2.07. The number of H-pyrrole nitrogens is 1. The number of rotatable bonds is 5. The second-order valence-electron chi connectivity index (χ2n) is 7.15. The summed E-state index contributed by atoms with van der Waals surface area (Å²) in [6, 6.07) is 12.0. The van der Waals surface area contributed by atoms with Crippen molar-refractivity contribution in [2.75, 3.05) is 11.9 Å². The van der Waals surface area contributed by atoms with Crippen LogP contribution in [0.2, 0.25) is 0 Å². The molecular weight excluding hydrogens is 459 g/mol. The average Bonchev–Trinajstić information content (AvgIpc) is 3.55. The van der Waals surface area contributed by atoms with Crippen molar-refractivity contribution >= 4 is 28.9 Å². The first kappa shape index (κ1) is 24.4. The molecule has 2 aromatic heterocycles. The van der Waals surface area contributed by atoms with Crippen LogP contribution in [0.5, 0.6) is 0 Å². The molecule has 0 spiro atoms. The molecule has 1 atom stereocenters. The Bertz CT molecular complexity index is 1110. The van der Waals surface area contributed by atoms with Crippen molar-refractivity contribution in [3.8, 4) is 11.4 Å². The lowest BCUT2D eigenvalue weighted by Crippen LogP contribution is -2.21. The number of aliphatic carboxylic acids is 1. The number of carbonyl (C=O) groups excluding carboxylic acids is 1. The first-order chi connectivity index (χ1) is 15.7. The van der Waals surface area contributed by atoms with E-state index in [9.17, 15) is 18.0 Å². The van der Waals surface area contributed by atoms with Crippen LogP contribution in [0.1, 0.15) is 46.2 Å². The summed E-state index contributed by atoms with van der Waals surface area (Å²) in [6.45, 7) is 3.08. The Labute approximate surface area is 191 Å². The van der Waals surface area contributed by atoms with E-state index >= 15 is 0 Å². The molecule has 33 heavy (non-hydrogen) atoms. The van der Waals surface area contributed by atoms with Gasteiger partial charge in [0.05, 0.1) is 4.88 Å². The van der Waals surface area contributed by atoms with Gasteiger partial charge in [-0.1, -0.05) is 19.1 Å². The van der Waals surface area contributed by atoms with E-state index in [4.69, 9.17) is 9.90 Å². The van der Waals surface area contributed by atoms with Crippen LogP contribution in [-0.2, 0) is 11.2 Å². The Kier molecular flexibility index (Phi) is 7.82. The van der Waals surface area contributed by atoms with E-state index in [0.29, 0.717) is 11.9 Å². The zero-order valence-corrected chi connectivity index (χ0v) is 18.4. The number of anilines is 1. The highest BCUT2D eigenvalue weighted by atomic mass is 32.1. The summed E-state index contributed by atoms with van der Waals surface area (Å²) in [6.07, 6.45) is -1.95. The zero-order valence-electron chi connectivity index (χ0n) is 17.6. The Hall–Kier alpha value is -3.25. The fourth-order valence-electron chi connectivity index (χ4n) is 3.10. The number of hydrogen-bond donors (Lipinski definition) is 4. The molecule has 8 nitrogen and oxygen atoms in total. The summed E-state index contributed by atoms with van der Waals surface area (Å²) in [5.41, 5.74) is 1.62. The van der Waals surface area contributed by atoms with Crippen LogP contribution < -0.4 is 10.6 Å². The molecule has 3 aromatic rings. The molecule has 0 bridgehead atoms. The summed E-state index contributed by atoms with van der Waals surface area (Å²) in [5.74, 6) is -1.35. The number of aromatic nitrogens is 3. The summed E-state index contributed by atoms with van der Waals surface area (Å²) >= 11 is 1.56. The molecule has 1 aliphatic rings. The van der Waals surface area contributed by atoms with E-state index in [2.05, 4.69) is 31.9 Å². The highest BCUT2D eigenvalue weighted by Gasteiger charge is 2.38. The van der Waals surface area contributed by atoms with E-state index in [0.717, 1.165) is 41.3 Å². The van der Waals surface area contributed by atoms with E-state index in [1.165, 1.54) is 11.3 Å². The second kappa shape index (κ2) is 10.6. The predicted octanol–water partition coefficient (Wildman–Crippen LogP) is 4.41. The van der Waals surface area contributed by atoms with Crippen LogP contribution >= 0.6 is 11.3 Å². The molecular formula is C21H22F3N5O3S. The standard InChI is InChI=1S/C19H21N5OS.C2HF3O2/c1-2-17-22-18(24-23-17)12-5-3-6-13(11-12)21-19(25)16-9-8-15(26-16)14-7-4-10-20-14;3-2(4,5)1(6)7/h3,5-6,8-9,11,14,20H,2,4,7,10H2,1H3,(H,21,25)(H,22,23,24);(H,6,7). The summed E-state index contributed by atoms with van der Waals surface area (Å²) in [5, 5.41) is 20.7. The molecule has 0 radical (unpaired) electrons. The van der Waals surface area contributed by atoms with Crippen LogP contribution in [0.4, 0.5) is 18.9 Å². The van der Waals surface area contributed by atoms with Gasteiger partial charge in [-0.05, 0) is 43.7 Å². The number of nitrogens with one attached hydrogen (secondary N) is 3. The van der Waals surface area contributed by atoms with Gasteiger partial charge in [0.1, 0.15) is 5.82 Å². The normalized spacial score (nSPS) is 15.6. The number of hydrogen-bond acceptors (Lipinski definition) is 6. The average molecular weight is 482 g/mol. The lowest BCUT2D eigenvalue weighted by molar-refractivity contribution is -0.192. The molecule has 3 heterocycles. The van der Waals surface area contributed by atoms with Gasteiger partial charge in [-0.25, -0.2) is 9.78 Å². The third kappa shape index (κ3) is 6.62. The quantitative estimate of drug-likeness (QED) is 0.429. The summed E-state index contributed by atoms with van der Waals surface area (Å²) in [4.78, 5) is 27.9. The van der Waals surface area contributed by atoms with Crippen molar-refractivity contribution in [1.29, 1.82) is 0 Å². The molecule has 1 saturated heterocycles. The van der Waals surface area contributed by atoms with Gasteiger partial charge in [-0.15, -0.1) is 11.3 Å². The van der Waals surface area contributed by atoms with E-state index in [-0.39, 0.29) is 5.91 Å². The topological polar surface area (TPSA) is 120 Å². The lowest BCUT2D eigenvalue weighted by atomic mass is 10.2. The number of nitrogens with zero attached hydrogens (tertiary/aromatic N) is 2. The molecule has 1 aromatic carbocycles. The van der Waals surface area contributed by atoms with Gasteiger partial charge >= 0.3 is 12.1 Å². The van der Waals surface area contributed by atoms with Crippen molar-refractivity contribution in [2.45, 2.75) is 38.4 Å². The molecule has 1 fully saturated rings. The number of amides is 1. The third-order valence-corrected chi connectivity index (χ3v) is 5.94. The Morgan fingerprint density at radius 1 is 1.27 bits per heavy atom. The SMILES string of the molecule is CCc1nc(-c2cccc(NC(=O)c3ccc(C4CCCN4)s3)c2)n[nH]1.O=C(O)C(F)(F)F. The largest absolute Gasteiger partial charge is 0.490 e. The van der Waals surface area contributed by atoms with Crippen LogP contribution in [-0.4, -0.2) is 44.9 Å². The van der Waals surface area contributed by atoms with Gasteiger partial charge < -0.3 is 15.7 Å². The summed E-state index contributed by atoms with van der Waals surface area (Å²) < 4.78 is 31.7. The Morgan fingerprint density at radius 2 is 2.03 bits per heavy atom. The fourth-order valence-corrected chi connectivity index (χ4v) is 4.11. The smallest absolute Gasteiger partial charge is 0.475 e. The van der Waals surface area contributed by atoms with Gasteiger partial charge in [0, 0.05) is 28.6 Å². The number of thiophene rings is 1. The molecule has 12 heteroatoms. The molecule has 1 unspecified atom stereocenters.